The predicted molar refractivity (Wildman–Crippen MR) is 70.5 cm³/mol. The van der Waals surface area contributed by atoms with Crippen molar-refractivity contribution in [1.29, 1.82) is 5.41 Å². The topological polar surface area (TPSA) is 42.3 Å². The first kappa shape index (κ1) is 13.6. The fraction of sp³-hybridized carbons (Fsp3) is 0.500. The Morgan fingerprint density at radius 1 is 1.35 bits per heavy atom. The highest BCUT2D eigenvalue weighted by Crippen LogP contribution is 2.26. The summed E-state index contributed by atoms with van der Waals surface area (Å²) in [6.07, 6.45) is 1.09. The normalized spacial score (nSPS) is 10.4. The van der Waals surface area contributed by atoms with Gasteiger partial charge in [0.05, 0.1) is 12.7 Å². The second kappa shape index (κ2) is 6.28. The molecule has 0 heterocycles. The van der Waals surface area contributed by atoms with Crippen LogP contribution >= 0.6 is 0 Å². The summed E-state index contributed by atoms with van der Waals surface area (Å²) in [7, 11) is 0. The molecule has 3 heteroatoms. The summed E-state index contributed by atoms with van der Waals surface area (Å²) < 4.78 is 11.3. The van der Waals surface area contributed by atoms with Crippen LogP contribution in [0, 0.1) is 5.41 Å². The molecule has 0 amide bonds. The molecule has 1 rings (SSSR count). The molecule has 0 saturated heterocycles. The van der Waals surface area contributed by atoms with Crippen molar-refractivity contribution >= 4 is 5.71 Å². The maximum Gasteiger partial charge on any atom is 0.131 e. The lowest BCUT2D eigenvalue weighted by atomic mass is 10.1. The van der Waals surface area contributed by atoms with E-state index in [-0.39, 0.29) is 6.10 Å². The molecule has 1 aromatic carbocycles. The van der Waals surface area contributed by atoms with Gasteiger partial charge in [0.1, 0.15) is 11.5 Å². The van der Waals surface area contributed by atoms with Crippen molar-refractivity contribution in [3.8, 4) is 11.5 Å². The lowest BCUT2D eigenvalue weighted by molar-refractivity contribution is 0.240. The van der Waals surface area contributed by atoms with Gasteiger partial charge in [0.25, 0.3) is 0 Å². The molecule has 0 radical (unpaired) electrons. The summed E-state index contributed by atoms with van der Waals surface area (Å²) in [6.45, 7) is 8.46. The Labute approximate surface area is 103 Å². The summed E-state index contributed by atoms with van der Waals surface area (Å²) >= 11 is 0. The maximum atomic E-state index is 7.70. The Bertz CT molecular complexity index is 386. The molecular weight excluding hydrogens is 214 g/mol. The minimum absolute atomic E-state index is 0.140. The highest BCUT2D eigenvalue weighted by Gasteiger charge is 2.08. The largest absolute Gasteiger partial charge is 0.493 e. The molecular formula is C14H21NO2. The van der Waals surface area contributed by atoms with E-state index in [1.54, 1.807) is 6.92 Å². The Morgan fingerprint density at radius 2 is 2.06 bits per heavy atom. The van der Waals surface area contributed by atoms with Crippen LogP contribution in [-0.4, -0.2) is 18.4 Å². The third-order valence-corrected chi connectivity index (χ3v) is 2.19. The van der Waals surface area contributed by atoms with Crippen LogP contribution in [0.1, 0.15) is 39.7 Å². The van der Waals surface area contributed by atoms with Crippen molar-refractivity contribution in [2.45, 2.75) is 40.2 Å². The van der Waals surface area contributed by atoms with Crippen LogP contribution in [0.3, 0.4) is 0 Å². The Balaban J connectivity index is 2.96. The van der Waals surface area contributed by atoms with Gasteiger partial charge in [-0.25, -0.2) is 0 Å². The molecule has 0 aliphatic rings. The lowest BCUT2D eigenvalue weighted by Crippen LogP contribution is -2.07. The predicted octanol–water partition coefficient (Wildman–Crippen LogP) is 3.65. The second-order valence-electron chi connectivity index (χ2n) is 4.30. The van der Waals surface area contributed by atoms with E-state index in [9.17, 15) is 0 Å². The SMILES string of the molecule is CCCOc1cc(OC(C)C)ccc1C(C)=N. The first-order chi connectivity index (χ1) is 8.04. The quantitative estimate of drug-likeness (QED) is 0.765. The van der Waals surface area contributed by atoms with Gasteiger partial charge in [0.2, 0.25) is 0 Å². The van der Waals surface area contributed by atoms with E-state index >= 15 is 0 Å². The summed E-state index contributed by atoms with van der Waals surface area (Å²) in [5, 5.41) is 7.70. The second-order valence-corrected chi connectivity index (χ2v) is 4.30. The molecule has 1 aromatic rings. The standard InChI is InChI=1S/C14H21NO2/c1-5-8-16-14-9-12(17-10(2)3)6-7-13(14)11(4)15/h6-7,9-10,15H,5,8H2,1-4H3. The molecule has 0 spiro atoms. The number of hydrogen-bond acceptors (Lipinski definition) is 3. The molecule has 0 atom stereocenters. The molecule has 17 heavy (non-hydrogen) atoms. The zero-order valence-corrected chi connectivity index (χ0v) is 11.0. The van der Waals surface area contributed by atoms with Gasteiger partial charge in [-0.2, -0.15) is 0 Å². The van der Waals surface area contributed by atoms with Gasteiger partial charge in [-0.3, -0.25) is 0 Å². The summed E-state index contributed by atoms with van der Waals surface area (Å²) in [5.41, 5.74) is 1.33. The minimum atomic E-state index is 0.140. The van der Waals surface area contributed by atoms with E-state index in [2.05, 4.69) is 6.92 Å². The molecule has 0 saturated carbocycles. The van der Waals surface area contributed by atoms with Gasteiger partial charge in [-0.1, -0.05) is 6.92 Å². The van der Waals surface area contributed by atoms with Gasteiger partial charge < -0.3 is 14.9 Å². The van der Waals surface area contributed by atoms with Crippen LogP contribution in [0.5, 0.6) is 11.5 Å². The number of ether oxygens (including phenoxy) is 2. The molecule has 0 aromatic heterocycles. The van der Waals surface area contributed by atoms with E-state index in [0.717, 1.165) is 23.5 Å². The van der Waals surface area contributed by atoms with Crippen molar-refractivity contribution in [3.05, 3.63) is 23.8 Å². The Morgan fingerprint density at radius 3 is 2.59 bits per heavy atom. The molecule has 0 fully saturated rings. The average molecular weight is 235 g/mol. The number of hydrogen-bond donors (Lipinski definition) is 1. The number of rotatable bonds is 6. The van der Waals surface area contributed by atoms with Gasteiger partial charge in [0.15, 0.2) is 0 Å². The Kier molecular flexibility index (Phi) is 5.01. The van der Waals surface area contributed by atoms with E-state index in [1.807, 2.05) is 32.0 Å². The van der Waals surface area contributed by atoms with Crippen molar-refractivity contribution in [3.63, 3.8) is 0 Å². The number of benzene rings is 1. The van der Waals surface area contributed by atoms with Crippen LogP contribution in [-0.2, 0) is 0 Å². The molecule has 94 valence electrons. The average Bonchev–Trinajstić information content (AvgIpc) is 2.25. The van der Waals surface area contributed by atoms with E-state index in [1.165, 1.54) is 0 Å². The van der Waals surface area contributed by atoms with Crippen molar-refractivity contribution in [2.24, 2.45) is 0 Å². The van der Waals surface area contributed by atoms with E-state index in [4.69, 9.17) is 14.9 Å². The van der Waals surface area contributed by atoms with Crippen LogP contribution in [0.4, 0.5) is 0 Å². The zero-order valence-electron chi connectivity index (χ0n) is 11.0. The van der Waals surface area contributed by atoms with Crippen molar-refractivity contribution in [1.82, 2.24) is 0 Å². The maximum absolute atomic E-state index is 7.70. The van der Waals surface area contributed by atoms with Crippen LogP contribution in [0.25, 0.3) is 0 Å². The smallest absolute Gasteiger partial charge is 0.131 e. The summed E-state index contributed by atoms with van der Waals surface area (Å²) in [4.78, 5) is 0. The van der Waals surface area contributed by atoms with E-state index in [0.29, 0.717) is 12.3 Å². The van der Waals surface area contributed by atoms with E-state index < -0.39 is 0 Å². The molecule has 1 N–H and O–H groups in total. The summed E-state index contributed by atoms with van der Waals surface area (Å²) in [6, 6.07) is 5.63. The summed E-state index contributed by atoms with van der Waals surface area (Å²) in [5.74, 6) is 1.52. The van der Waals surface area contributed by atoms with Crippen molar-refractivity contribution in [2.75, 3.05) is 6.61 Å². The van der Waals surface area contributed by atoms with Gasteiger partial charge >= 0.3 is 0 Å². The third kappa shape index (κ3) is 4.10. The third-order valence-electron chi connectivity index (χ3n) is 2.19. The van der Waals surface area contributed by atoms with Gasteiger partial charge in [-0.15, -0.1) is 0 Å². The lowest BCUT2D eigenvalue weighted by Gasteiger charge is -2.14. The highest BCUT2D eigenvalue weighted by atomic mass is 16.5. The fourth-order valence-electron chi connectivity index (χ4n) is 1.49. The van der Waals surface area contributed by atoms with Crippen LogP contribution in [0.2, 0.25) is 0 Å². The van der Waals surface area contributed by atoms with Gasteiger partial charge in [0, 0.05) is 17.3 Å². The highest BCUT2D eigenvalue weighted by molar-refractivity contribution is 5.99. The van der Waals surface area contributed by atoms with Crippen LogP contribution < -0.4 is 9.47 Å². The zero-order chi connectivity index (χ0) is 12.8. The molecule has 0 unspecified atom stereocenters. The first-order valence-corrected chi connectivity index (χ1v) is 6.03. The molecule has 3 nitrogen and oxygen atoms in total. The van der Waals surface area contributed by atoms with Crippen molar-refractivity contribution < 1.29 is 9.47 Å². The number of nitrogens with one attached hydrogen (secondary N) is 1. The fourth-order valence-corrected chi connectivity index (χ4v) is 1.49. The minimum Gasteiger partial charge on any atom is -0.493 e. The molecule has 0 aliphatic heterocycles. The van der Waals surface area contributed by atoms with Crippen LogP contribution in [0.15, 0.2) is 18.2 Å². The van der Waals surface area contributed by atoms with Gasteiger partial charge in [-0.05, 0) is 39.3 Å². The molecule has 0 aliphatic carbocycles. The first-order valence-electron chi connectivity index (χ1n) is 6.03. The Hall–Kier alpha value is -1.51. The molecule has 0 bridgehead atoms. The monoisotopic (exact) mass is 235 g/mol.